The number of halogens is 4. The van der Waals surface area contributed by atoms with Crippen molar-refractivity contribution >= 4 is 40.5 Å². The number of thiocarbonyl (C=S) groups is 1. The Kier molecular flexibility index (Phi) is 6.53. The number of alkyl halides is 3. The van der Waals surface area contributed by atoms with E-state index in [1.165, 1.54) is 44.0 Å². The number of amides is 2. The molecule has 0 spiro atoms. The molecule has 1 aliphatic heterocycles. The zero-order valence-electron chi connectivity index (χ0n) is 18.2. The third kappa shape index (κ3) is 4.26. The van der Waals surface area contributed by atoms with E-state index in [0.29, 0.717) is 16.3 Å². The minimum absolute atomic E-state index is 0.213. The summed E-state index contributed by atoms with van der Waals surface area (Å²) in [7, 11) is 1.46. The second-order valence-electron chi connectivity index (χ2n) is 7.70. The number of ether oxygens (including phenoxy) is 1. The standard InChI is InChI=1S/C22H18F4N4O3S/c1-21(2)19(32)29(15-9-4-12(10-27)17(18(15)23)22(24,25)26)20(34)30(21)13-5-7-14(8-6-13)33-11-16(31)28-3/h4-9H,11H2,1-3H3,(H,28,31). The lowest BCUT2D eigenvalue weighted by Crippen LogP contribution is -2.44. The van der Waals surface area contributed by atoms with Gasteiger partial charge in [0, 0.05) is 12.7 Å². The molecule has 0 radical (unpaired) electrons. The van der Waals surface area contributed by atoms with Gasteiger partial charge < -0.3 is 15.0 Å². The smallest absolute Gasteiger partial charge is 0.420 e. The van der Waals surface area contributed by atoms with Crippen molar-refractivity contribution in [3.63, 3.8) is 0 Å². The van der Waals surface area contributed by atoms with Gasteiger partial charge in [-0.15, -0.1) is 0 Å². The SMILES string of the molecule is CNC(=O)COc1ccc(N2C(=S)N(c3ccc(C#N)c(C(F)(F)F)c3F)C(=O)C2(C)C)cc1. The topological polar surface area (TPSA) is 85.7 Å². The van der Waals surface area contributed by atoms with E-state index in [0.717, 1.165) is 12.1 Å². The third-order valence-corrected chi connectivity index (χ3v) is 5.54. The van der Waals surface area contributed by atoms with Crippen molar-refractivity contribution in [1.29, 1.82) is 5.26 Å². The average Bonchev–Trinajstić information content (AvgIpc) is 2.95. The molecule has 1 N–H and O–H groups in total. The fourth-order valence-electron chi connectivity index (χ4n) is 3.46. The highest BCUT2D eigenvalue weighted by Crippen LogP contribution is 2.42. The largest absolute Gasteiger partial charge is 0.484 e. The van der Waals surface area contributed by atoms with E-state index < -0.39 is 40.3 Å². The molecule has 0 saturated carbocycles. The monoisotopic (exact) mass is 494 g/mol. The maximum atomic E-state index is 15.0. The predicted octanol–water partition coefficient (Wildman–Crippen LogP) is 3.76. The van der Waals surface area contributed by atoms with Gasteiger partial charge in [-0.1, -0.05) is 0 Å². The number of nitrogens with zero attached hydrogens (tertiary/aromatic N) is 3. The van der Waals surface area contributed by atoms with Gasteiger partial charge in [-0.05, 0) is 62.5 Å². The number of nitriles is 1. The molecule has 3 rings (SSSR count). The summed E-state index contributed by atoms with van der Waals surface area (Å²) < 4.78 is 60.7. The molecule has 2 amide bonds. The van der Waals surface area contributed by atoms with Crippen LogP contribution in [0.4, 0.5) is 28.9 Å². The highest BCUT2D eigenvalue weighted by Gasteiger charge is 2.52. The normalized spacial score (nSPS) is 15.4. The number of benzene rings is 2. The summed E-state index contributed by atoms with van der Waals surface area (Å²) in [4.78, 5) is 26.6. The van der Waals surface area contributed by atoms with Crippen LogP contribution in [0, 0.1) is 17.1 Å². The van der Waals surface area contributed by atoms with E-state index in [2.05, 4.69) is 5.32 Å². The van der Waals surface area contributed by atoms with Gasteiger partial charge in [-0.2, -0.15) is 18.4 Å². The number of likely N-dealkylation sites (N-methyl/N-ethyl adjacent to an activating group) is 1. The Labute approximate surface area is 197 Å². The molecular formula is C22H18F4N4O3S. The van der Waals surface area contributed by atoms with Crippen molar-refractivity contribution in [2.75, 3.05) is 23.5 Å². The molecule has 1 aliphatic rings. The lowest BCUT2D eigenvalue weighted by Gasteiger charge is -2.29. The molecule has 7 nitrogen and oxygen atoms in total. The van der Waals surface area contributed by atoms with Gasteiger partial charge in [0.15, 0.2) is 17.5 Å². The predicted molar refractivity (Wildman–Crippen MR) is 119 cm³/mol. The molecule has 0 aromatic heterocycles. The molecule has 1 fully saturated rings. The first-order chi connectivity index (χ1) is 15.8. The maximum absolute atomic E-state index is 15.0. The van der Waals surface area contributed by atoms with Gasteiger partial charge in [-0.25, -0.2) is 4.39 Å². The zero-order chi connectivity index (χ0) is 25.4. The van der Waals surface area contributed by atoms with Crippen LogP contribution in [0.3, 0.4) is 0 Å². The molecule has 0 atom stereocenters. The quantitative estimate of drug-likeness (QED) is 0.503. The first kappa shape index (κ1) is 24.9. The van der Waals surface area contributed by atoms with Crippen LogP contribution >= 0.6 is 12.2 Å². The van der Waals surface area contributed by atoms with E-state index in [1.54, 1.807) is 12.1 Å². The minimum atomic E-state index is -5.16. The number of carbonyl (C=O) groups is 2. The Hall–Kier alpha value is -3.72. The lowest BCUT2D eigenvalue weighted by atomic mass is 10.0. The van der Waals surface area contributed by atoms with Crippen molar-refractivity contribution in [3.05, 3.63) is 53.3 Å². The summed E-state index contributed by atoms with van der Waals surface area (Å²) in [6.45, 7) is 2.77. The molecule has 1 saturated heterocycles. The van der Waals surface area contributed by atoms with E-state index in [9.17, 15) is 22.8 Å². The highest BCUT2D eigenvalue weighted by atomic mass is 32.1. The van der Waals surface area contributed by atoms with Gasteiger partial charge in [0.2, 0.25) is 0 Å². The summed E-state index contributed by atoms with van der Waals surface area (Å²) in [5.41, 5.74) is -4.36. The van der Waals surface area contributed by atoms with E-state index in [-0.39, 0.29) is 17.6 Å². The number of nitrogens with one attached hydrogen (secondary N) is 1. The molecular weight excluding hydrogens is 476 g/mol. The van der Waals surface area contributed by atoms with Crippen molar-refractivity contribution in [3.8, 4) is 11.8 Å². The average molecular weight is 494 g/mol. The summed E-state index contributed by atoms with van der Waals surface area (Å²) in [6.07, 6.45) is -5.16. The van der Waals surface area contributed by atoms with Crippen LogP contribution in [0.1, 0.15) is 25.0 Å². The second kappa shape index (κ2) is 8.90. The summed E-state index contributed by atoms with van der Waals surface area (Å²) in [5.74, 6) is -2.51. The van der Waals surface area contributed by atoms with Crippen LogP contribution < -0.4 is 19.9 Å². The maximum Gasteiger partial charge on any atom is 0.420 e. The van der Waals surface area contributed by atoms with Crippen molar-refractivity contribution in [2.45, 2.75) is 25.6 Å². The minimum Gasteiger partial charge on any atom is -0.484 e. The fourth-order valence-corrected chi connectivity index (χ4v) is 3.98. The second-order valence-corrected chi connectivity index (χ2v) is 8.07. The summed E-state index contributed by atoms with van der Waals surface area (Å²) in [6, 6.07) is 9.16. The highest BCUT2D eigenvalue weighted by molar-refractivity contribution is 7.81. The van der Waals surface area contributed by atoms with Crippen LogP contribution in [0.2, 0.25) is 0 Å². The summed E-state index contributed by atoms with van der Waals surface area (Å²) >= 11 is 5.38. The Morgan fingerprint density at radius 3 is 2.35 bits per heavy atom. The van der Waals surface area contributed by atoms with Crippen LogP contribution in [-0.2, 0) is 15.8 Å². The van der Waals surface area contributed by atoms with Crippen molar-refractivity contribution < 1.29 is 31.9 Å². The van der Waals surface area contributed by atoms with E-state index in [1.807, 2.05) is 0 Å². The van der Waals surface area contributed by atoms with Gasteiger partial charge in [0.25, 0.3) is 11.8 Å². The number of rotatable bonds is 5. The number of hydrogen-bond donors (Lipinski definition) is 1. The van der Waals surface area contributed by atoms with Gasteiger partial charge >= 0.3 is 6.18 Å². The molecule has 1 heterocycles. The molecule has 0 unspecified atom stereocenters. The molecule has 34 heavy (non-hydrogen) atoms. The number of carbonyl (C=O) groups excluding carboxylic acids is 2. The van der Waals surface area contributed by atoms with Crippen molar-refractivity contribution in [2.24, 2.45) is 0 Å². The lowest BCUT2D eigenvalue weighted by molar-refractivity contribution is -0.140. The molecule has 178 valence electrons. The van der Waals surface area contributed by atoms with E-state index >= 15 is 4.39 Å². The number of hydrogen-bond acceptors (Lipinski definition) is 5. The molecule has 2 aromatic carbocycles. The number of anilines is 2. The molecule has 2 aromatic rings. The van der Waals surface area contributed by atoms with Crippen LogP contribution in [0.15, 0.2) is 36.4 Å². The van der Waals surface area contributed by atoms with Crippen molar-refractivity contribution in [1.82, 2.24) is 5.32 Å². The first-order valence-corrected chi connectivity index (χ1v) is 10.2. The Bertz CT molecular complexity index is 1210. The van der Waals surface area contributed by atoms with E-state index in [4.69, 9.17) is 22.2 Å². The first-order valence-electron chi connectivity index (χ1n) is 9.76. The molecule has 12 heteroatoms. The van der Waals surface area contributed by atoms with Gasteiger partial charge in [-0.3, -0.25) is 14.5 Å². The van der Waals surface area contributed by atoms with Gasteiger partial charge in [0.05, 0.1) is 17.3 Å². The summed E-state index contributed by atoms with van der Waals surface area (Å²) in [5, 5.41) is 11.1. The Morgan fingerprint density at radius 1 is 1.21 bits per heavy atom. The van der Waals surface area contributed by atoms with Crippen LogP contribution in [0.5, 0.6) is 5.75 Å². The molecule has 0 bridgehead atoms. The molecule has 0 aliphatic carbocycles. The Morgan fingerprint density at radius 2 is 1.82 bits per heavy atom. The van der Waals surface area contributed by atoms with Crippen LogP contribution in [-0.4, -0.2) is 36.1 Å². The third-order valence-electron chi connectivity index (χ3n) is 5.18. The van der Waals surface area contributed by atoms with Crippen LogP contribution in [0.25, 0.3) is 0 Å². The zero-order valence-corrected chi connectivity index (χ0v) is 19.0. The Balaban J connectivity index is 2.01. The fraction of sp³-hybridized carbons (Fsp3) is 0.273. The van der Waals surface area contributed by atoms with Gasteiger partial charge in [0.1, 0.15) is 16.9 Å².